The van der Waals surface area contributed by atoms with E-state index in [1.807, 2.05) is 18.2 Å². The molecular formula is C16H20N4O3. The van der Waals surface area contributed by atoms with Crippen molar-refractivity contribution in [1.29, 1.82) is 0 Å². The zero-order chi connectivity index (χ0) is 15.7. The number of fused-ring (bicyclic) bond motifs is 1. The van der Waals surface area contributed by atoms with E-state index in [1.165, 1.54) is 0 Å². The summed E-state index contributed by atoms with van der Waals surface area (Å²) in [5.41, 5.74) is 2.80. The van der Waals surface area contributed by atoms with Gasteiger partial charge in [-0.15, -0.1) is 0 Å². The number of amides is 2. The maximum atomic E-state index is 12.0. The van der Waals surface area contributed by atoms with Gasteiger partial charge < -0.3 is 15.4 Å². The van der Waals surface area contributed by atoms with Crippen LogP contribution in [0.4, 0.5) is 4.79 Å². The first-order chi connectivity index (χ1) is 11.2. The molecule has 1 saturated carbocycles. The van der Waals surface area contributed by atoms with Gasteiger partial charge in [0.15, 0.2) is 0 Å². The number of carbonyl (C=O) groups is 1. The number of nitrogens with zero attached hydrogens (tertiary/aromatic N) is 2. The van der Waals surface area contributed by atoms with Gasteiger partial charge in [-0.1, -0.05) is 6.07 Å². The van der Waals surface area contributed by atoms with Crippen molar-refractivity contribution >= 4 is 17.1 Å². The molecule has 1 aliphatic carbocycles. The van der Waals surface area contributed by atoms with Crippen LogP contribution >= 0.6 is 0 Å². The van der Waals surface area contributed by atoms with Gasteiger partial charge in [0.1, 0.15) is 11.0 Å². The molecule has 4 rings (SSSR count). The molecule has 2 amide bonds. The monoisotopic (exact) mass is 316 g/mol. The second kappa shape index (κ2) is 5.81. The second-order valence-corrected chi connectivity index (χ2v) is 6.68. The molecule has 0 atom stereocenters. The molecule has 2 aromatic rings. The van der Waals surface area contributed by atoms with Gasteiger partial charge in [-0.05, 0) is 53.7 Å². The number of carbonyl (C=O) groups excluding carboxylic acids is 1. The third-order valence-corrected chi connectivity index (χ3v) is 4.97. The maximum absolute atomic E-state index is 12.0. The summed E-state index contributed by atoms with van der Waals surface area (Å²) >= 11 is 0. The van der Waals surface area contributed by atoms with Crippen molar-refractivity contribution in [1.82, 2.24) is 20.9 Å². The molecule has 1 aliphatic heterocycles. The van der Waals surface area contributed by atoms with E-state index in [0.29, 0.717) is 23.0 Å². The van der Waals surface area contributed by atoms with Crippen LogP contribution in [0.15, 0.2) is 22.8 Å². The van der Waals surface area contributed by atoms with Crippen molar-refractivity contribution in [3.05, 3.63) is 23.8 Å². The van der Waals surface area contributed by atoms with Gasteiger partial charge in [0.25, 0.3) is 0 Å². The standard InChI is InChI=1S/C16H20N4O3/c21-15(18-12-3-5-16(6-4-12)9-22-10-16)17-8-11-1-2-13-14(7-11)20-23-19-13/h1-2,7,12H,3-6,8-10H2,(H2,17,18,21). The molecule has 2 heterocycles. The zero-order valence-electron chi connectivity index (χ0n) is 12.9. The van der Waals surface area contributed by atoms with E-state index in [2.05, 4.69) is 25.6 Å². The van der Waals surface area contributed by atoms with Gasteiger partial charge in [0, 0.05) is 18.0 Å². The summed E-state index contributed by atoms with van der Waals surface area (Å²) in [6.07, 6.45) is 4.36. The van der Waals surface area contributed by atoms with Crippen molar-refractivity contribution in [3.63, 3.8) is 0 Å². The van der Waals surface area contributed by atoms with Gasteiger partial charge in [-0.2, -0.15) is 0 Å². The Balaban J connectivity index is 1.25. The Labute approximate surface area is 133 Å². The van der Waals surface area contributed by atoms with Crippen LogP contribution in [0.2, 0.25) is 0 Å². The minimum absolute atomic E-state index is 0.116. The first-order valence-electron chi connectivity index (χ1n) is 8.06. The topological polar surface area (TPSA) is 89.3 Å². The highest BCUT2D eigenvalue weighted by molar-refractivity contribution is 5.75. The number of hydrogen-bond acceptors (Lipinski definition) is 5. The van der Waals surface area contributed by atoms with Crippen molar-refractivity contribution < 1.29 is 14.2 Å². The molecule has 2 aliphatic rings. The Morgan fingerprint density at radius 2 is 2.00 bits per heavy atom. The molecule has 2 fully saturated rings. The summed E-state index contributed by atoms with van der Waals surface area (Å²) in [5.74, 6) is 0. The summed E-state index contributed by atoms with van der Waals surface area (Å²) in [7, 11) is 0. The second-order valence-electron chi connectivity index (χ2n) is 6.68. The van der Waals surface area contributed by atoms with Gasteiger partial charge in [-0.25, -0.2) is 9.42 Å². The minimum Gasteiger partial charge on any atom is -0.380 e. The predicted molar refractivity (Wildman–Crippen MR) is 82.7 cm³/mol. The summed E-state index contributed by atoms with van der Waals surface area (Å²) < 4.78 is 10.00. The molecule has 0 radical (unpaired) electrons. The predicted octanol–water partition coefficient (Wildman–Crippen LogP) is 1.98. The molecule has 122 valence electrons. The van der Waals surface area contributed by atoms with Gasteiger partial charge >= 0.3 is 6.03 Å². The zero-order valence-corrected chi connectivity index (χ0v) is 12.9. The summed E-state index contributed by atoms with van der Waals surface area (Å²) in [6, 6.07) is 5.76. The van der Waals surface area contributed by atoms with Crippen LogP contribution in [0.3, 0.4) is 0 Å². The third kappa shape index (κ3) is 3.01. The molecule has 7 nitrogen and oxygen atoms in total. The molecule has 2 N–H and O–H groups in total. The smallest absolute Gasteiger partial charge is 0.315 e. The van der Waals surface area contributed by atoms with Gasteiger partial charge in [0.2, 0.25) is 0 Å². The van der Waals surface area contributed by atoms with E-state index >= 15 is 0 Å². The van der Waals surface area contributed by atoms with Crippen LogP contribution in [-0.4, -0.2) is 35.6 Å². The number of nitrogens with one attached hydrogen (secondary N) is 2. The number of urea groups is 1. The Morgan fingerprint density at radius 3 is 2.74 bits per heavy atom. The molecule has 0 unspecified atom stereocenters. The Hall–Kier alpha value is -2.15. The van der Waals surface area contributed by atoms with Crippen LogP contribution < -0.4 is 10.6 Å². The fourth-order valence-electron chi connectivity index (χ4n) is 3.41. The number of rotatable bonds is 3. The van der Waals surface area contributed by atoms with Crippen molar-refractivity contribution in [2.24, 2.45) is 5.41 Å². The fraction of sp³-hybridized carbons (Fsp3) is 0.562. The minimum atomic E-state index is -0.116. The van der Waals surface area contributed by atoms with E-state index in [1.54, 1.807) is 0 Å². The van der Waals surface area contributed by atoms with Crippen molar-refractivity contribution in [2.45, 2.75) is 38.3 Å². The fourth-order valence-corrected chi connectivity index (χ4v) is 3.41. The lowest BCUT2D eigenvalue weighted by Crippen LogP contribution is -2.50. The quantitative estimate of drug-likeness (QED) is 0.904. The molecule has 1 saturated heterocycles. The SMILES string of the molecule is O=C(NCc1ccc2nonc2c1)NC1CCC2(CC1)COC2. The highest BCUT2D eigenvalue weighted by Gasteiger charge is 2.41. The van der Waals surface area contributed by atoms with Crippen molar-refractivity contribution in [2.75, 3.05) is 13.2 Å². The van der Waals surface area contributed by atoms with Crippen LogP contribution in [-0.2, 0) is 11.3 Å². The average molecular weight is 316 g/mol. The molecule has 0 bridgehead atoms. The largest absolute Gasteiger partial charge is 0.380 e. The van der Waals surface area contributed by atoms with Crippen LogP contribution in [0.5, 0.6) is 0 Å². The van der Waals surface area contributed by atoms with Gasteiger partial charge in [0.05, 0.1) is 13.2 Å². The maximum Gasteiger partial charge on any atom is 0.315 e. The van der Waals surface area contributed by atoms with Crippen LogP contribution in [0.25, 0.3) is 11.0 Å². The van der Waals surface area contributed by atoms with E-state index in [0.717, 1.165) is 44.5 Å². The Bertz CT molecular complexity index is 700. The number of aromatic nitrogens is 2. The lowest BCUT2D eigenvalue weighted by atomic mass is 9.71. The number of ether oxygens (including phenoxy) is 1. The molecule has 23 heavy (non-hydrogen) atoms. The third-order valence-electron chi connectivity index (χ3n) is 4.97. The van der Waals surface area contributed by atoms with E-state index in [9.17, 15) is 4.79 Å². The lowest BCUT2D eigenvalue weighted by Gasteiger charge is -2.46. The number of benzene rings is 1. The Kier molecular flexibility index (Phi) is 3.65. The van der Waals surface area contributed by atoms with E-state index < -0.39 is 0 Å². The first-order valence-corrected chi connectivity index (χ1v) is 8.06. The van der Waals surface area contributed by atoms with Crippen molar-refractivity contribution in [3.8, 4) is 0 Å². The highest BCUT2D eigenvalue weighted by Crippen LogP contribution is 2.42. The molecule has 7 heteroatoms. The molecule has 1 aromatic heterocycles. The van der Waals surface area contributed by atoms with E-state index in [-0.39, 0.29) is 12.1 Å². The molecule has 1 aromatic carbocycles. The highest BCUT2D eigenvalue weighted by atomic mass is 16.6. The first kappa shape index (κ1) is 14.4. The average Bonchev–Trinajstić information content (AvgIpc) is 3.00. The van der Waals surface area contributed by atoms with Gasteiger partial charge in [-0.3, -0.25) is 0 Å². The number of hydrogen-bond donors (Lipinski definition) is 2. The molecular weight excluding hydrogens is 296 g/mol. The Morgan fingerprint density at radius 1 is 1.22 bits per heavy atom. The summed E-state index contributed by atoms with van der Waals surface area (Å²) in [5, 5.41) is 13.5. The van der Waals surface area contributed by atoms with Crippen LogP contribution in [0.1, 0.15) is 31.2 Å². The lowest BCUT2D eigenvalue weighted by molar-refractivity contribution is -0.133. The summed E-state index contributed by atoms with van der Waals surface area (Å²) in [6.45, 7) is 2.25. The molecule has 1 spiro atoms. The normalized spacial score (nSPS) is 20.3. The van der Waals surface area contributed by atoms with E-state index in [4.69, 9.17) is 4.74 Å². The summed E-state index contributed by atoms with van der Waals surface area (Å²) in [4.78, 5) is 12.0. The van der Waals surface area contributed by atoms with Crippen LogP contribution in [0, 0.1) is 5.41 Å².